The fraction of sp³-hybridized carbons (Fsp3) is 0.545. The van der Waals surface area contributed by atoms with Crippen LogP contribution in [0.4, 0.5) is 0 Å². The van der Waals surface area contributed by atoms with Gasteiger partial charge in [0.2, 0.25) is 0 Å². The average molecular weight is 374 g/mol. The quantitative estimate of drug-likeness (QED) is 0.628. The van der Waals surface area contributed by atoms with Crippen LogP contribution in [0, 0.1) is 11.8 Å². The number of likely N-dealkylation sites (tertiary alicyclic amines) is 1. The van der Waals surface area contributed by atoms with Gasteiger partial charge in [-0.25, -0.2) is 0 Å². The number of ether oxygens (including phenoxy) is 2. The molecule has 142 valence electrons. The first-order valence-electron chi connectivity index (χ1n) is 9.71. The molecule has 3 rings (SSSR count). The number of methoxy groups -OCH3 is 1. The van der Waals surface area contributed by atoms with Crippen LogP contribution in [0.15, 0.2) is 41.1 Å². The number of benzene rings is 1. The van der Waals surface area contributed by atoms with Crippen LogP contribution in [0.1, 0.15) is 38.2 Å². The van der Waals surface area contributed by atoms with Crippen LogP contribution < -0.4 is 9.47 Å². The molecule has 2 heterocycles. The maximum atomic E-state index is 6.19. The van der Waals surface area contributed by atoms with Crippen LogP contribution in [0.5, 0.6) is 11.5 Å². The zero-order valence-electron chi connectivity index (χ0n) is 16.2. The van der Waals surface area contributed by atoms with Gasteiger partial charge in [-0.1, -0.05) is 26.3 Å². The van der Waals surface area contributed by atoms with Gasteiger partial charge in [0.25, 0.3) is 0 Å². The number of nitrogens with zero attached hydrogens (tertiary/aromatic N) is 1. The maximum absolute atomic E-state index is 6.19. The lowest BCUT2D eigenvalue weighted by molar-refractivity contribution is 0.0999. The van der Waals surface area contributed by atoms with E-state index < -0.39 is 0 Å². The van der Waals surface area contributed by atoms with Gasteiger partial charge in [-0.3, -0.25) is 0 Å². The zero-order chi connectivity index (χ0) is 18.4. The molecule has 26 heavy (non-hydrogen) atoms. The molecule has 2 aromatic rings. The lowest BCUT2D eigenvalue weighted by Crippen LogP contribution is -2.43. The highest BCUT2D eigenvalue weighted by atomic mass is 32.1. The summed E-state index contributed by atoms with van der Waals surface area (Å²) >= 11 is 1.80. The van der Waals surface area contributed by atoms with E-state index in [0.717, 1.165) is 30.6 Å². The first-order valence-corrected chi connectivity index (χ1v) is 10.6. The third-order valence-corrected chi connectivity index (χ3v) is 6.26. The second-order valence-electron chi connectivity index (χ2n) is 7.47. The lowest BCUT2D eigenvalue weighted by Gasteiger charge is -2.39. The van der Waals surface area contributed by atoms with Crippen LogP contribution in [0.25, 0.3) is 0 Å². The Hall–Kier alpha value is -1.52. The molecule has 3 atom stereocenters. The van der Waals surface area contributed by atoms with Gasteiger partial charge < -0.3 is 14.4 Å². The van der Waals surface area contributed by atoms with Crippen molar-refractivity contribution in [2.24, 2.45) is 11.8 Å². The van der Waals surface area contributed by atoms with Crippen molar-refractivity contribution < 1.29 is 9.47 Å². The standard InChI is InChI=1S/C22H31NO2S/c1-4-17(2)13-23-10-8-22(18-9-11-26-16-18)19(14-23)15-25-21-7-5-6-20(12-21)24-3/h5-7,9,11-12,16-17,19,22H,4,8,10,13-15H2,1-3H3. The highest BCUT2D eigenvalue weighted by molar-refractivity contribution is 7.07. The van der Waals surface area contributed by atoms with Crippen molar-refractivity contribution >= 4 is 11.3 Å². The Morgan fingerprint density at radius 2 is 2.12 bits per heavy atom. The molecule has 0 amide bonds. The predicted octanol–water partition coefficient (Wildman–Crippen LogP) is 5.29. The molecule has 0 saturated carbocycles. The third kappa shape index (κ3) is 5.01. The van der Waals surface area contributed by atoms with Crippen LogP contribution in [0.3, 0.4) is 0 Å². The Bertz CT molecular complexity index is 658. The molecule has 4 heteroatoms. The van der Waals surface area contributed by atoms with E-state index in [-0.39, 0.29) is 0 Å². The molecule has 3 unspecified atom stereocenters. The van der Waals surface area contributed by atoms with Crippen LogP contribution >= 0.6 is 11.3 Å². The Kier molecular flexibility index (Phi) is 6.98. The van der Waals surface area contributed by atoms with Gasteiger partial charge in [-0.2, -0.15) is 11.3 Å². The molecule has 1 aliphatic rings. The third-order valence-electron chi connectivity index (χ3n) is 5.56. The molecular weight excluding hydrogens is 342 g/mol. The van der Waals surface area contributed by atoms with Gasteiger partial charge in [0.05, 0.1) is 13.7 Å². The molecule has 0 bridgehead atoms. The number of hydrogen-bond acceptors (Lipinski definition) is 4. The highest BCUT2D eigenvalue weighted by Gasteiger charge is 2.31. The van der Waals surface area contributed by atoms with Gasteiger partial charge >= 0.3 is 0 Å². The molecule has 0 spiro atoms. The van der Waals surface area contributed by atoms with Crippen LogP contribution in [0.2, 0.25) is 0 Å². The van der Waals surface area contributed by atoms with Gasteiger partial charge in [0.15, 0.2) is 0 Å². The van der Waals surface area contributed by atoms with Gasteiger partial charge in [-0.15, -0.1) is 0 Å². The number of piperidine rings is 1. The maximum Gasteiger partial charge on any atom is 0.122 e. The SMILES string of the molecule is CCC(C)CN1CCC(c2ccsc2)C(COc2cccc(OC)c2)C1. The van der Waals surface area contributed by atoms with E-state index in [1.165, 1.54) is 31.5 Å². The predicted molar refractivity (Wildman–Crippen MR) is 110 cm³/mol. The second-order valence-corrected chi connectivity index (χ2v) is 8.25. The second kappa shape index (κ2) is 9.43. The minimum absolute atomic E-state index is 0.522. The van der Waals surface area contributed by atoms with Crippen molar-refractivity contribution in [3.05, 3.63) is 46.7 Å². The van der Waals surface area contributed by atoms with Crippen molar-refractivity contribution in [3.8, 4) is 11.5 Å². The van der Waals surface area contributed by atoms with E-state index in [9.17, 15) is 0 Å². The minimum atomic E-state index is 0.522. The van der Waals surface area contributed by atoms with E-state index in [0.29, 0.717) is 11.8 Å². The van der Waals surface area contributed by atoms with E-state index in [1.807, 2.05) is 24.3 Å². The molecular formula is C22H31NO2S. The summed E-state index contributed by atoms with van der Waals surface area (Å²) in [5.41, 5.74) is 1.48. The largest absolute Gasteiger partial charge is 0.497 e. The van der Waals surface area contributed by atoms with Gasteiger partial charge in [0, 0.05) is 25.1 Å². The Morgan fingerprint density at radius 1 is 1.27 bits per heavy atom. The Labute approximate surface area is 161 Å². The first-order chi connectivity index (χ1) is 12.7. The summed E-state index contributed by atoms with van der Waals surface area (Å²) in [4.78, 5) is 2.64. The molecule has 1 saturated heterocycles. The fourth-order valence-electron chi connectivity index (χ4n) is 3.83. The van der Waals surface area contributed by atoms with E-state index in [1.54, 1.807) is 18.4 Å². The van der Waals surface area contributed by atoms with Crippen LogP contribution in [-0.4, -0.2) is 38.3 Å². The molecule has 1 aromatic heterocycles. The van der Waals surface area contributed by atoms with Gasteiger partial charge in [0.1, 0.15) is 11.5 Å². The Balaban J connectivity index is 1.67. The molecule has 1 aliphatic heterocycles. The van der Waals surface area contributed by atoms with E-state index >= 15 is 0 Å². The van der Waals surface area contributed by atoms with Crippen molar-refractivity contribution in [1.82, 2.24) is 4.90 Å². The summed E-state index contributed by atoms with van der Waals surface area (Å²) in [7, 11) is 1.69. The number of thiophene rings is 1. The topological polar surface area (TPSA) is 21.7 Å². The smallest absolute Gasteiger partial charge is 0.122 e. The first kappa shape index (κ1) is 19.2. The Morgan fingerprint density at radius 3 is 2.85 bits per heavy atom. The van der Waals surface area contributed by atoms with E-state index in [4.69, 9.17) is 9.47 Å². The normalized spacial score (nSPS) is 22.1. The van der Waals surface area contributed by atoms with Gasteiger partial charge in [-0.05, 0) is 59.3 Å². The lowest BCUT2D eigenvalue weighted by atomic mass is 9.81. The highest BCUT2D eigenvalue weighted by Crippen LogP contribution is 2.35. The summed E-state index contributed by atoms with van der Waals surface area (Å²) < 4.78 is 11.5. The molecule has 0 aliphatic carbocycles. The molecule has 0 N–H and O–H groups in total. The van der Waals surface area contributed by atoms with Crippen LogP contribution in [-0.2, 0) is 0 Å². The summed E-state index contributed by atoms with van der Waals surface area (Å²) in [6, 6.07) is 10.2. The fourth-order valence-corrected chi connectivity index (χ4v) is 4.56. The monoisotopic (exact) mass is 373 g/mol. The number of hydrogen-bond donors (Lipinski definition) is 0. The summed E-state index contributed by atoms with van der Waals surface area (Å²) in [5.74, 6) is 3.62. The number of rotatable bonds is 8. The van der Waals surface area contributed by atoms with E-state index in [2.05, 4.69) is 35.6 Å². The molecule has 1 fully saturated rings. The van der Waals surface area contributed by atoms with Crippen molar-refractivity contribution in [2.75, 3.05) is 33.4 Å². The molecule has 1 aromatic carbocycles. The summed E-state index contributed by atoms with van der Waals surface area (Å²) in [6.07, 6.45) is 2.47. The molecule has 3 nitrogen and oxygen atoms in total. The van der Waals surface area contributed by atoms with Crippen molar-refractivity contribution in [2.45, 2.75) is 32.6 Å². The molecule has 0 radical (unpaired) electrons. The van der Waals surface area contributed by atoms with Crippen molar-refractivity contribution in [3.63, 3.8) is 0 Å². The average Bonchev–Trinajstić information content (AvgIpc) is 3.21. The minimum Gasteiger partial charge on any atom is -0.497 e. The zero-order valence-corrected chi connectivity index (χ0v) is 17.0. The summed E-state index contributed by atoms with van der Waals surface area (Å²) in [5, 5.41) is 4.51. The summed E-state index contributed by atoms with van der Waals surface area (Å²) in [6.45, 7) is 8.90. The van der Waals surface area contributed by atoms with Crippen molar-refractivity contribution in [1.29, 1.82) is 0 Å².